The van der Waals surface area contributed by atoms with Gasteiger partial charge in [0.15, 0.2) is 0 Å². The zero-order chi connectivity index (χ0) is 24.3. The second-order valence-electron chi connectivity index (χ2n) is 9.07. The van der Waals surface area contributed by atoms with Crippen molar-refractivity contribution in [3.05, 3.63) is 46.8 Å². The normalized spacial score (nSPS) is 12.7. The standard InChI is InChI=1S/C25H30N2O6.2ClH/c1-13(2)9-20(26)24(29)31-15-5-7-17-18-8-6-16(32-25(30)21(27)10-14(3)4)12-22(18)33-23(28)19(17)11-15;;/h5-8,11-14,20-21H,9-10,26-27H2,1-4H3;2*1H/t20-,21+;;/m1../s1. The minimum Gasteiger partial charge on any atom is -0.425 e. The molecule has 0 amide bonds. The molecule has 2 aromatic carbocycles. The van der Waals surface area contributed by atoms with E-state index < -0.39 is 29.6 Å². The third kappa shape index (κ3) is 7.67. The van der Waals surface area contributed by atoms with Crippen molar-refractivity contribution in [1.29, 1.82) is 0 Å². The summed E-state index contributed by atoms with van der Waals surface area (Å²) < 4.78 is 16.1. The van der Waals surface area contributed by atoms with Gasteiger partial charge in [0.1, 0.15) is 29.2 Å². The lowest BCUT2D eigenvalue weighted by Crippen LogP contribution is -2.35. The third-order valence-corrected chi connectivity index (χ3v) is 5.15. The molecule has 0 radical (unpaired) electrons. The van der Waals surface area contributed by atoms with E-state index >= 15 is 0 Å². The molecule has 0 bridgehead atoms. The topological polar surface area (TPSA) is 135 Å². The maximum absolute atomic E-state index is 12.6. The molecule has 0 saturated carbocycles. The second-order valence-corrected chi connectivity index (χ2v) is 9.07. The van der Waals surface area contributed by atoms with Crippen LogP contribution in [0.2, 0.25) is 0 Å². The SMILES string of the molecule is CC(C)C[C@@H](N)C(=O)Oc1ccc2c(c1)c(=O)oc1cc(OC(=O)[C@@H](N)CC(C)C)ccc12.Cl.Cl. The van der Waals surface area contributed by atoms with Crippen LogP contribution >= 0.6 is 24.8 Å². The van der Waals surface area contributed by atoms with E-state index in [9.17, 15) is 14.4 Å². The van der Waals surface area contributed by atoms with Crippen molar-refractivity contribution in [3.8, 4) is 11.5 Å². The molecular weight excluding hydrogens is 495 g/mol. The van der Waals surface area contributed by atoms with Gasteiger partial charge in [0.25, 0.3) is 0 Å². The summed E-state index contributed by atoms with van der Waals surface area (Å²) in [5, 5.41) is 1.51. The summed E-state index contributed by atoms with van der Waals surface area (Å²) in [5.41, 5.74) is 11.4. The molecule has 1 aromatic heterocycles. The van der Waals surface area contributed by atoms with Crippen LogP contribution in [0.15, 0.2) is 45.6 Å². The van der Waals surface area contributed by atoms with Crippen molar-refractivity contribution in [2.75, 3.05) is 0 Å². The molecule has 0 fully saturated rings. The van der Waals surface area contributed by atoms with Gasteiger partial charge in [0.2, 0.25) is 0 Å². The number of halogens is 2. The first-order valence-corrected chi connectivity index (χ1v) is 11.0. The van der Waals surface area contributed by atoms with Crippen LogP contribution in [0.5, 0.6) is 11.5 Å². The number of hydrogen-bond donors (Lipinski definition) is 2. The van der Waals surface area contributed by atoms with Crippen LogP contribution in [-0.2, 0) is 9.59 Å². The van der Waals surface area contributed by atoms with E-state index in [1.165, 1.54) is 12.1 Å². The average Bonchev–Trinajstić information content (AvgIpc) is 2.72. The summed E-state index contributed by atoms with van der Waals surface area (Å²) in [7, 11) is 0. The first-order valence-electron chi connectivity index (χ1n) is 11.0. The van der Waals surface area contributed by atoms with Gasteiger partial charge in [0.05, 0.1) is 5.39 Å². The lowest BCUT2D eigenvalue weighted by molar-refractivity contribution is -0.137. The van der Waals surface area contributed by atoms with Crippen molar-refractivity contribution in [3.63, 3.8) is 0 Å². The molecule has 0 spiro atoms. The van der Waals surface area contributed by atoms with Crippen molar-refractivity contribution >= 4 is 58.5 Å². The first-order chi connectivity index (χ1) is 15.5. The molecule has 2 atom stereocenters. The van der Waals surface area contributed by atoms with E-state index in [0.29, 0.717) is 23.6 Å². The number of carbonyl (C=O) groups is 2. The molecule has 35 heavy (non-hydrogen) atoms. The number of esters is 2. The molecule has 8 nitrogen and oxygen atoms in total. The van der Waals surface area contributed by atoms with Gasteiger partial charge in [0, 0.05) is 16.8 Å². The largest absolute Gasteiger partial charge is 0.425 e. The Morgan fingerprint density at radius 3 is 1.71 bits per heavy atom. The number of hydrogen-bond acceptors (Lipinski definition) is 8. The Kier molecular flexibility index (Phi) is 11.2. The van der Waals surface area contributed by atoms with E-state index in [2.05, 4.69) is 0 Å². The summed E-state index contributed by atoms with van der Waals surface area (Å²) in [6, 6.07) is 8.04. The van der Waals surface area contributed by atoms with E-state index in [0.717, 1.165) is 0 Å². The lowest BCUT2D eigenvalue weighted by Gasteiger charge is -2.14. The molecular formula is C25H32Cl2N2O6. The van der Waals surface area contributed by atoms with Crippen LogP contribution < -0.4 is 26.6 Å². The van der Waals surface area contributed by atoms with Crippen LogP contribution in [0, 0.1) is 11.8 Å². The van der Waals surface area contributed by atoms with Crippen LogP contribution in [0.1, 0.15) is 40.5 Å². The van der Waals surface area contributed by atoms with Crippen molar-refractivity contribution < 1.29 is 23.5 Å². The predicted octanol–water partition coefficient (Wildman–Crippen LogP) is 4.35. The lowest BCUT2D eigenvalue weighted by atomic mass is 10.0. The molecule has 192 valence electrons. The van der Waals surface area contributed by atoms with Crippen LogP contribution in [-0.4, -0.2) is 24.0 Å². The second kappa shape index (κ2) is 12.9. The van der Waals surface area contributed by atoms with Gasteiger partial charge in [-0.3, -0.25) is 0 Å². The van der Waals surface area contributed by atoms with Crippen LogP contribution in [0.3, 0.4) is 0 Å². The molecule has 3 aromatic rings. The predicted molar refractivity (Wildman–Crippen MR) is 141 cm³/mol. The summed E-state index contributed by atoms with van der Waals surface area (Å²) >= 11 is 0. The van der Waals surface area contributed by atoms with E-state index in [1.807, 2.05) is 27.7 Å². The fourth-order valence-corrected chi connectivity index (χ4v) is 3.61. The number of rotatable bonds is 8. The minimum atomic E-state index is -0.747. The maximum atomic E-state index is 12.6. The van der Waals surface area contributed by atoms with Gasteiger partial charge in [-0.05, 0) is 55.0 Å². The highest BCUT2D eigenvalue weighted by atomic mass is 35.5. The Morgan fingerprint density at radius 2 is 1.23 bits per heavy atom. The first kappa shape index (κ1) is 30.4. The number of benzene rings is 2. The number of carbonyl (C=O) groups excluding carboxylic acids is 2. The summed E-state index contributed by atoms with van der Waals surface area (Å²) in [4.78, 5) is 37.0. The van der Waals surface area contributed by atoms with Gasteiger partial charge >= 0.3 is 17.6 Å². The average molecular weight is 527 g/mol. The van der Waals surface area contributed by atoms with Crippen LogP contribution in [0.4, 0.5) is 0 Å². The van der Waals surface area contributed by atoms with Gasteiger partial charge < -0.3 is 25.4 Å². The van der Waals surface area contributed by atoms with Crippen molar-refractivity contribution in [1.82, 2.24) is 0 Å². The molecule has 0 saturated heterocycles. The van der Waals surface area contributed by atoms with Gasteiger partial charge in [-0.1, -0.05) is 27.7 Å². The molecule has 4 N–H and O–H groups in total. The quantitative estimate of drug-likeness (QED) is 0.191. The summed E-state index contributed by atoms with van der Waals surface area (Å²) in [5.74, 6) is -0.160. The van der Waals surface area contributed by atoms with Gasteiger partial charge in [-0.15, -0.1) is 24.8 Å². The van der Waals surface area contributed by atoms with E-state index in [4.69, 9.17) is 25.4 Å². The smallest absolute Gasteiger partial charge is 0.344 e. The summed E-state index contributed by atoms with van der Waals surface area (Å²) in [6.45, 7) is 7.86. The maximum Gasteiger partial charge on any atom is 0.344 e. The summed E-state index contributed by atoms with van der Waals surface area (Å²) in [6.07, 6.45) is 0.996. The Labute approximate surface area is 216 Å². The van der Waals surface area contributed by atoms with Gasteiger partial charge in [-0.2, -0.15) is 0 Å². The van der Waals surface area contributed by atoms with Gasteiger partial charge in [-0.25, -0.2) is 14.4 Å². The zero-order valence-electron chi connectivity index (χ0n) is 20.1. The minimum absolute atomic E-state index is 0. The Morgan fingerprint density at radius 1 is 0.771 bits per heavy atom. The molecule has 10 heteroatoms. The molecule has 3 rings (SSSR count). The van der Waals surface area contributed by atoms with Crippen molar-refractivity contribution in [2.24, 2.45) is 23.3 Å². The van der Waals surface area contributed by atoms with E-state index in [1.54, 1.807) is 24.3 Å². The number of nitrogens with two attached hydrogens (primary N) is 2. The number of fused-ring (bicyclic) bond motifs is 3. The fraction of sp³-hybridized carbons (Fsp3) is 0.400. The molecule has 0 aliphatic carbocycles. The van der Waals surface area contributed by atoms with Crippen molar-refractivity contribution in [2.45, 2.75) is 52.6 Å². The Hall–Kier alpha value is -2.65. The van der Waals surface area contributed by atoms with E-state index in [-0.39, 0.29) is 59.1 Å². The fourth-order valence-electron chi connectivity index (χ4n) is 3.61. The zero-order valence-corrected chi connectivity index (χ0v) is 21.7. The highest BCUT2D eigenvalue weighted by Crippen LogP contribution is 2.29. The molecule has 0 unspecified atom stereocenters. The highest BCUT2D eigenvalue weighted by molar-refractivity contribution is 6.05. The Bertz CT molecular complexity index is 1240. The molecule has 0 aliphatic rings. The molecule has 0 aliphatic heterocycles. The monoisotopic (exact) mass is 526 g/mol. The number of ether oxygens (including phenoxy) is 2. The van der Waals surface area contributed by atoms with Crippen LogP contribution in [0.25, 0.3) is 21.7 Å². The Balaban J connectivity index is 0.00000306. The molecule has 1 heterocycles. The third-order valence-electron chi connectivity index (χ3n) is 5.15. The highest BCUT2D eigenvalue weighted by Gasteiger charge is 2.20.